The van der Waals surface area contributed by atoms with Gasteiger partial charge in [0.2, 0.25) is 17.7 Å². The molecule has 16 heteroatoms. The molecule has 0 radical (unpaired) electrons. The van der Waals surface area contributed by atoms with Gasteiger partial charge in [0, 0.05) is 22.7 Å². The van der Waals surface area contributed by atoms with Crippen molar-refractivity contribution in [2.24, 2.45) is 23.7 Å². The molecule has 2 saturated heterocycles. The number of aromatic hydroxyl groups is 1. The topological polar surface area (TPSA) is 146 Å². The predicted octanol–water partition coefficient (Wildman–Crippen LogP) is 9.42. The van der Waals surface area contributed by atoms with Crippen molar-refractivity contribution in [3.05, 3.63) is 147 Å². The number of imide groups is 2. The van der Waals surface area contributed by atoms with Crippen LogP contribution in [0.25, 0.3) is 22.6 Å². The summed E-state index contributed by atoms with van der Waals surface area (Å²) >= 11 is 12.7. The summed E-state index contributed by atoms with van der Waals surface area (Å²) in [6.45, 7) is 1.69. The summed E-state index contributed by atoms with van der Waals surface area (Å²) in [7, 11) is 0. The molecule has 11 nitrogen and oxygen atoms in total. The summed E-state index contributed by atoms with van der Waals surface area (Å²) in [6.07, 6.45) is -2.23. The van der Waals surface area contributed by atoms with Gasteiger partial charge in [0.1, 0.15) is 11.3 Å². The molecule has 4 heterocycles. The highest BCUT2D eigenvalue weighted by Gasteiger charge is 2.70. The number of halogens is 5. The lowest BCUT2D eigenvalue weighted by molar-refractivity contribution is -0.139. The standard InChI is InChI=1S/C46H32Cl2F3N5O6/c1-22-18-24(8-17-35(22)57)38-29-15-16-30-37(43(60)55(41(30)58)28-13-6-23(7-14-28)40-53-34-4-2-3-5-36(34)62-40)31(29)20-32-42(59)56(44(61)45(32,38)25-9-11-27(47)12-10-25)54-39-33(48)19-26(21-52-39)46(49,50)51/h2-15,17-19,21,30-32,37-38,57H,16,20H2,1H3,(H,52,54). The number of carbonyl (C=O) groups is 4. The zero-order valence-electron chi connectivity index (χ0n) is 32.4. The van der Waals surface area contributed by atoms with Crippen LogP contribution in [0.4, 0.5) is 24.7 Å². The van der Waals surface area contributed by atoms with E-state index in [1.54, 1.807) is 73.7 Å². The van der Waals surface area contributed by atoms with Crippen LogP contribution in [-0.4, -0.2) is 43.7 Å². The molecule has 6 unspecified atom stereocenters. The van der Waals surface area contributed by atoms with Crippen LogP contribution in [0.1, 0.15) is 41.0 Å². The van der Waals surface area contributed by atoms with Crippen LogP contribution in [0.5, 0.6) is 5.75 Å². The molecule has 10 rings (SSSR count). The van der Waals surface area contributed by atoms with Crippen molar-refractivity contribution < 1.29 is 41.9 Å². The molecule has 2 aliphatic carbocycles. The van der Waals surface area contributed by atoms with Gasteiger partial charge in [0.25, 0.3) is 11.8 Å². The van der Waals surface area contributed by atoms with E-state index in [-0.39, 0.29) is 24.4 Å². The number of hydrogen-bond acceptors (Lipinski definition) is 9. The van der Waals surface area contributed by atoms with Crippen LogP contribution in [0.2, 0.25) is 10.0 Å². The third-order valence-corrected chi connectivity index (χ3v) is 13.3. The SMILES string of the molecule is Cc1cc(C2C3=CCC4C(=O)N(c5ccc(-c6nc7ccccc7o6)cc5)C(=O)C4C3CC3C(=O)N(Nc4ncc(C(F)(F)F)cc4Cl)C(=O)C32c2ccc(Cl)cc2)ccc1O. The number of alkyl halides is 3. The number of phenols is 1. The van der Waals surface area contributed by atoms with E-state index in [0.29, 0.717) is 67.8 Å². The quantitative estimate of drug-likeness (QED) is 0.123. The van der Waals surface area contributed by atoms with E-state index in [0.717, 1.165) is 5.01 Å². The van der Waals surface area contributed by atoms with Crippen molar-refractivity contribution in [2.45, 2.75) is 37.3 Å². The molecule has 3 fully saturated rings. The smallest absolute Gasteiger partial charge is 0.417 e. The van der Waals surface area contributed by atoms with Crippen molar-refractivity contribution in [1.82, 2.24) is 15.0 Å². The Kier molecular flexibility index (Phi) is 9.12. The summed E-state index contributed by atoms with van der Waals surface area (Å²) in [6, 6.07) is 26.1. The van der Waals surface area contributed by atoms with Gasteiger partial charge >= 0.3 is 6.18 Å². The molecule has 62 heavy (non-hydrogen) atoms. The minimum Gasteiger partial charge on any atom is -0.508 e. The zero-order chi connectivity index (χ0) is 43.4. The fourth-order valence-electron chi connectivity index (χ4n) is 10.0. The van der Waals surface area contributed by atoms with Gasteiger partial charge < -0.3 is 9.52 Å². The lowest BCUT2D eigenvalue weighted by Crippen LogP contribution is -2.53. The van der Waals surface area contributed by atoms with Crippen LogP contribution in [0, 0.1) is 30.6 Å². The maximum absolute atomic E-state index is 15.4. The third kappa shape index (κ3) is 5.94. The second kappa shape index (κ2) is 14.3. The molecule has 312 valence electrons. The Morgan fingerprint density at radius 2 is 1.63 bits per heavy atom. The van der Waals surface area contributed by atoms with Gasteiger partial charge in [0.05, 0.1) is 39.4 Å². The molecule has 2 aromatic heterocycles. The van der Waals surface area contributed by atoms with Gasteiger partial charge in [-0.1, -0.05) is 71.2 Å². The lowest BCUT2D eigenvalue weighted by Gasteiger charge is -2.50. The van der Waals surface area contributed by atoms with E-state index < -0.39 is 75.4 Å². The number of aromatic nitrogens is 2. The number of nitrogens with zero attached hydrogens (tertiary/aromatic N) is 4. The largest absolute Gasteiger partial charge is 0.508 e. The van der Waals surface area contributed by atoms with Crippen LogP contribution >= 0.6 is 23.2 Å². The van der Waals surface area contributed by atoms with Gasteiger partial charge in [-0.05, 0) is 103 Å². The van der Waals surface area contributed by atoms with Crippen LogP contribution in [0.15, 0.2) is 119 Å². The van der Waals surface area contributed by atoms with E-state index in [2.05, 4.69) is 15.4 Å². The number of benzene rings is 4. The van der Waals surface area contributed by atoms with Crippen molar-refractivity contribution in [3.63, 3.8) is 0 Å². The Labute approximate surface area is 360 Å². The molecular formula is C46H32Cl2F3N5O6. The molecule has 0 bridgehead atoms. The van der Waals surface area contributed by atoms with Crippen LogP contribution in [0.3, 0.4) is 0 Å². The number of anilines is 2. The first-order chi connectivity index (χ1) is 29.7. The van der Waals surface area contributed by atoms with E-state index in [1.165, 1.54) is 11.0 Å². The number of phenolic OH excluding ortho intramolecular Hbond substituents is 1. The fraction of sp³-hybridized carbons (Fsp3) is 0.217. The Morgan fingerprint density at radius 1 is 0.887 bits per heavy atom. The Bertz CT molecular complexity index is 2890. The molecule has 6 aromatic rings. The fourth-order valence-corrected chi connectivity index (χ4v) is 10.4. The first-order valence-electron chi connectivity index (χ1n) is 19.6. The average Bonchev–Trinajstić information content (AvgIpc) is 3.87. The highest BCUT2D eigenvalue weighted by atomic mass is 35.5. The number of hydrazine groups is 1. The van der Waals surface area contributed by atoms with Crippen LogP contribution in [-0.2, 0) is 30.8 Å². The van der Waals surface area contributed by atoms with Crippen molar-refractivity contribution >= 4 is 69.4 Å². The number of nitrogens with one attached hydrogen (secondary N) is 1. The second-order valence-corrected chi connectivity index (χ2v) is 16.9. The van der Waals surface area contributed by atoms with E-state index in [4.69, 9.17) is 27.6 Å². The second-order valence-electron chi connectivity index (χ2n) is 16.0. The molecular weight excluding hydrogens is 846 g/mol. The number of aryl methyl sites for hydroxylation is 1. The normalized spacial score (nSPS) is 24.6. The highest BCUT2D eigenvalue weighted by Crippen LogP contribution is 2.64. The molecule has 4 amide bonds. The molecule has 0 spiro atoms. The maximum Gasteiger partial charge on any atom is 0.417 e. The summed E-state index contributed by atoms with van der Waals surface area (Å²) in [5.41, 5.74) is 4.15. The Morgan fingerprint density at radius 3 is 2.32 bits per heavy atom. The summed E-state index contributed by atoms with van der Waals surface area (Å²) in [5, 5.41) is 11.3. The molecule has 1 saturated carbocycles. The number of carbonyl (C=O) groups excluding carboxylic acids is 4. The van der Waals surface area contributed by atoms with Gasteiger partial charge in [0.15, 0.2) is 11.4 Å². The van der Waals surface area contributed by atoms with E-state index in [9.17, 15) is 32.7 Å². The molecule has 4 aliphatic rings. The van der Waals surface area contributed by atoms with Gasteiger partial charge in [-0.25, -0.2) is 9.97 Å². The van der Waals surface area contributed by atoms with Gasteiger partial charge in [-0.2, -0.15) is 18.2 Å². The number of para-hydroxylation sites is 2. The summed E-state index contributed by atoms with van der Waals surface area (Å²) in [4.78, 5) is 69.1. The first kappa shape index (κ1) is 39.6. The monoisotopic (exact) mass is 877 g/mol. The minimum absolute atomic E-state index is 0.00893. The van der Waals surface area contributed by atoms with E-state index >= 15 is 4.79 Å². The molecule has 2 N–H and O–H groups in total. The molecule has 2 aliphatic heterocycles. The Balaban J connectivity index is 1.07. The van der Waals surface area contributed by atoms with Crippen molar-refractivity contribution in [2.75, 3.05) is 10.3 Å². The first-order valence-corrected chi connectivity index (χ1v) is 20.4. The molecule has 6 atom stereocenters. The highest BCUT2D eigenvalue weighted by molar-refractivity contribution is 6.33. The lowest BCUT2D eigenvalue weighted by atomic mass is 9.49. The van der Waals surface area contributed by atoms with E-state index in [1.807, 2.05) is 24.3 Å². The van der Waals surface area contributed by atoms with Crippen LogP contribution < -0.4 is 10.3 Å². The van der Waals surface area contributed by atoms with Gasteiger partial charge in [-0.3, -0.25) is 29.5 Å². The predicted molar refractivity (Wildman–Crippen MR) is 222 cm³/mol. The number of pyridine rings is 1. The number of oxazole rings is 1. The summed E-state index contributed by atoms with van der Waals surface area (Å²) < 4.78 is 46.6. The molecule has 4 aromatic carbocycles. The maximum atomic E-state index is 15.4. The summed E-state index contributed by atoms with van der Waals surface area (Å²) in [5.74, 6) is -6.92. The van der Waals surface area contributed by atoms with Crippen molar-refractivity contribution in [1.29, 1.82) is 0 Å². The average molecular weight is 879 g/mol. The number of fused-ring (bicyclic) bond motifs is 5. The minimum atomic E-state index is -4.76. The number of hydrogen-bond donors (Lipinski definition) is 2. The Hall–Kier alpha value is -6.51. The van der Waals surface area contributed by atoms with Crippen molar-refractivity contribution in [3.8, 4) is 17.2 Å². The number of amides is 4. The van der Waals surface area contributed by atoms with Gasteiger partial charge in [-0.15, -0.1) is 0 Å². The number of rotatable bonds is 6. The number of allylic oxidation sites excluding steroid dienone is 2. The zero-order valence-corrected chi connectivity index (χ0v) is 33.9. The third-order valence-electron chi connectivity index (χ3n) is 12.8.